The fourth-order valence-electron chi connectivity index (χ4n) is 0.962. The third kappa shape index (κ3) is 5.13. The molecule has 78 valence electrons. The normalized spacial score (nSPS) is 9.14. The van der Waals surface area contributed by atoms with E-state index >= 15 is 0 Å². The Morgan fingerprint density at radius 3 is 2.00 bits per heavy atom. The first-order chi connectivity index (χ1) is 6.61. The number of carboxylic acid groups (broad SMARTS) is 1. The topological polar surface area (TPSA) is 57.6 Å². The molecule has 14 heavy (non-hydrogen) atoms. The Bertz CT molecular complexity index is 226. The minimum Gasteiger partial charge on any atom is -0.481 e. The van der Waals surface area contributed by atoms with Gasteiger partial charge in [-0.3, -0.25) is 9.59 Å². The summed E-state index contributed by atoms with van der Waals surface area (Å²) in [6.07, 6.45) is 3.09. The van der Waals surface area contributed by atoms with Crippen LogP contribution in [0.15, 0.2) is 25.3 Å². The van der Waals surface area contributed by atoms with Crippen molar-refractivity contribution in [2.24, 2.45) is 0 Å². The van der Waals surface area contributed by atoms with Gasteiger partial charge in [0.15, 0.2) is 0 Å². The molecule has 0 fully saturated rings. The first-order valence-electron chi connectivity index (χ1n) is 4.33. The lowest BCUT2D eigenvalue weighted by molar-refractivity contribution is -0.140. The predicted molar refractivity (Wildman–Crippen MR) is 53.8 cm³/mol. The monoisotopic (exact) mass is 197 g/mol. The summed E-state index contributed by atoms with van der Waals surface area (Å²) in [5.41, 5.74) is 0. The molecule has 1 amide bonds. The Balaban J connectivity index is 4.06. The summed E-state index contributed by atoms with van der Waals surface area (Å²) < 4.78 is 0. The minimum absolute atomic E-state index is 0.0248. The molecule has 0 spiro atoms. The van der Waals surface area contributed by atoms with Crippen molar-refractivity contribution in [3.63, 3.8) is 0 Å². The first-order valence-corrected chi connectivity index (χ1v) is 4.33. The molecule has 0 aliphatic carbocycles. The molecule has 1 N–H and O–H groups in total. The molecule has 0 saturated carbocycles. The molecule has 0 aromatic rings. The maximum Gasteiger partial charge on any atom is 0.303 e. The van der Waals surface area contributed by atoms with E-state index < -0.39 is 5.97 Å². The number of nitrogens with zero attached hydrogens (tertiary/aromatic N) is 1. The summed E-state index contributed by atoms with van der Waals surface area (Å²) in [5, 5.41) is 8.39. The lowest BCUT2D eigenvalue weighted by Crippen LogP contribution is -2.31. The third-order valence-electron chi connectivity index (χ3n) is 1.60. The maximum atomic E-state index is 11.4. The van der Waals surface area contributed by atoms with E-state index in [1.165, 1.54) is 4.90 Å². The molecule has 0 heterocycles. The van der Waals surface area contributed by atoms with Crippen molar-refractivity contribution < 1.29 is 14.7 Å². The minimum atomic E-state index is -0.962. The number of hydrogen-bond donors (Lipinski definition) is 1. The van der Waals surface area contributed by atoms with Gasteiger partial charge in [-0.15, -0.1) is 13.2 Å². The van der Waals surface area contributed by atoms with Crippen LogP contribution >= 0.6 is 0 Å². The van der Waals surface area contributed by atoms with Crippen LogP contribution in [0.1, 0.15) is 12.8 Å². The number of hydrogen-bond acceptors (Lipinski definition) is 2. The smallest absolute Gasteiger partial charge is 0.303 e. The van der Waals surface area contributed by atoms with E-state index in [1.54, 1.807) is 12.2 Å². The number of aliphatic carboxylic acids is 1. The van der Waals surface area contributed by atoms with Crippen LogP contribution in [-0.4, -0.2) is 35.0 Å². The second-order valence-electron chi connectivity index (χ2n) is 2.77. The molecule has 0 aromatic heterocycles. The molecule has 4 nitrogen and oxygen atoms in total. The fraction of sp³-hybridized carbons (Fsp3) is 0.400. The average molecular weight is 197 g/mol. The number of carbonyl (C=O) groups excluding carboxylic acids is 1. The van der Waals surface area contributed by atoms with Gasteiger partial charge in [0.25, 0.3) is 0 Å². The fourth-order valence-corrected chi connectivity index (χ4v) is 0.962. The zero-order valence-corrected chi connectivity index (χ0v) is 8.11. The van der Waals surface area contributed by atoms with Gasteiger partial charge in [0.1, 0.15) is 0 Å². The summed E-state index contributed by atoms with van der Waals surface area (Å²) in [5.74, 6) is -1.15. The van der Waals surface area contributed by atoms with Crippen LogP contribution in [0.25, 0.3) is 0 Å². The molecule has 0 aliphatic rings. The van der Waals surface area contributed by atoms with Crippen molar-refractivity contribution >= 4 is 11.9 Å². The summed E-state index contributed by atoms with van der Waals surface area (Å²) in [7, 11) is 0. The van der Waals surface area contributed by atoms with Gasteiger partial charge >= 0.3 is 5.97 Å². The van der Waals surface area contributed by atoms with Crippen molar-refractivity contribution in [3.8, 4) is 0 Å². The van der Waals surface area contributed by atoms with Gasteiger partial charge in [0, 0.05) is 19.5 Å². The Morgan fingerprint density at radius 1 is 1.14 bits per heavy atom. The number of carbonyl (C=O) groups is 2. The lowest BCUT2D eigenvalue weighted by atomic mass is 10.2. The zero-order valence-electron chi connectivity index (χ0n) is 8.11. The SMILES string of the molecule is C=CCN(CC=C)C(=O)CCC(=O)O. The Kier molecular flexibility index (Phi) is 6.11. The summed E-state index contributed by atoms with van der Waals surface area (Å²) >= 11 is 0. The van der Waals surface area contributed by atoms with E-state index in [4.69, 9.17) is 5.11 Å². The van der Waals surface area contributed by atoms with Crippen LogP contribution in [-0.2, 0) is 9.59 Å². The van der Waals surface area contributed by atoms with Crippen LogP contribution in [0.3, 0.4) is 0 Å². The highest BCUT2D eigenvalue weighted by Crippen LogP contribution is 1.98. The molecule has 0 radical (unpaired) electrons. The van der Waals surface area contributed by atoms with E-state index in [9.17, 15) is 9.59 Å². The van der Waals surface area contributed by atoms with Crippen LogP contribution in [0.4, 0.5) is 0 Å². The van der Waals surface area contributed by atoms with E-state index in [-0.39, 0.29) is 18.7 Å². The number of rotatable bonds is 7. The second kappa shape index (κ2) is 6.88. The van der Waals surface area contributed by atoms with E-state index in [2.05, 4.69) is 13.2 Å². The van der Waals surface area contributed by atoms with Gasteiger partial charge < -0.3 is 10.0 Å². The Labute approximate surface area is 83.5 Å². The molecular weight excluding hydrogens is 182 g/mol. The summed E-state index contributed by atoms with van der Waals surface area (Å²) in [6.45, 7) is 7.87. The van der Waals surface area contributed by atoms with Crippen LogP contribution in [0, 0.1) is 0 Å². The van der Waals surface area contributed by atoms with Gasteiger partial charge in [0.2, 0.25) is 5.91 Å². The Morgan fingerprint density at radius 2 is 1.64 bits per heavy atom. The van der Waals surface area contributed by atoms with E-state index in [1.807, 2.05) is 0 Å². The Hall–Kier alpha value is -1.58. The van der Waals surface area contributed by atoms with E-state index in [0.717, 1.165) is 0 Å². The maximum absolute atomic E-state index is 11.4. The van der Waals surface area contributed by atoms with E-state index in [0.29, 0.717) is 13.1 Å². The zero-order chi connectivity index (χ0) is 11.0. The van der Waals surface area contributed by atoms with Crippen LogP contribution < -0.4 is 0 Å². The second-order valence-corrected chi connectivity index (χ2v) is 2.77. The number of amides is 1. The van der Waals surface area contributed by atoms with Crippen molar-refractivity contribution in [2.45, 2.75) is 12.8 Å². The molecule has 0 rings (SSSR count). The molecule has 0 bridgehead atoms. The summed E-state index contributed by atoms with van der Waals surface area (Å²) in [4.78, 5) is 23.1. The van der Waals surface area contributed by atoms with Gasteiger partial charge in [-0.25, -0.2) is 0 Å². The van der Waals surface area contributed by atoms with Gasteiger partial charge in [-0.05, 0) is 0 Å². The van der Waals surface area contributed by atoms with Crippen LogP contribution in [0.5, 0.6) is 0 Å². The molecule has 0 aliphatic heterocycles. The van der Waals surface area contributed by atoms with Gasteiger partial charge in [-0.1, -0.05) is 12.2 Å². The molecule has 0 unspecified atom stereocenters. The van der Waals surface area contributed by atoms with Gasteiger partial charge in [0.05, 0.1) is 6.42 Å². The predicted octanol–water partition coefficient (Wildman–Crippen LogP) is 1.05. The van der Waals surface area contributed by atoms with Crippen molar-refractivity contribution in [3.05, 3.63) is 25.3 Å². The van der Waals surface area contributed by atoms with Crippen molar-refractivity contribution in [1.82, 2.24) is 4.90 Å². The molecular formula is C10H15NO3. The average Bonchev–Trinajstić information content (AvgIpc) is 2.14. The van der Waals surface area contributed by atoms with Crippen LogP contribution in [0.2, 0.25) is 0 Å². The largest absolute Gasteiger partial charge is 0.481 e. The first kappa shape index (κ1) is 12.4. The quantitative estimate of drug-likeness (QED) is 0.621. The highest BCUT2D eigenvalue weighted by molar-refractivity contribution is 5.80. The number of carboxylic acids is 1. The summed E-state index contributed by atoms with van der Waals surface area (Å²) in [6, 6.07) is 0. The lowest BCUT2D eigenvalue weighted by Gasteiger charge is -2.18. The molecule has 4 heteroatoms. The standard InChI is InChI=1S/C10H15NO3/c1-3-7-11(8-4-2)9(12)5-6-10(13)14/h3-4H,1-2,5-8H2,(H,13,14). The van der Waals surface area contributed by atoms with Gasteiger partial charge in [-0.2, -0.15) is 0 Å². The van der Waals surface area contributed by atoms with Crippen molar-refractivity contribution in [2.75, 3.05) is 13.1 Å². The highest BCUT2D eigenvalue weighted by atomic mass is 16.4. The highest BCUT2D eigenvalue weighted by Gasteiger charge is 2.11. The third-order valence-corrected chi connectivity index (χ3v) is 1.60. The van der Waals surface area contributed by atoms with Crippen molar-refractivity contribution in [1.29, 1.82) is 0 Å². The molecule has 0 atom stereocenters. The molecule has 0 saturated heterocycles. The molecule has 0 aromatic carbocycles.